The van der Waals surface area contributed by atoms with Gasteiger partial charge in [-0.15, -0.1) is 0 Å². The molecule has 5 nitrogen and oxygen atoms in total. The molecule has 0 unspecified atom stereocenters. The van der Waals surface area contributed by atoms with Crippen LogP contribution in [-0.2, 0) is 11.3 Å². The maximum Gasteiger partial charge on any atom is 0.226 e. The van der Waals surface area contributed by atoms with Crippen molar-refractivity contribution < 1.29 is 9.21 Å². The first-order valence-electron chi connectivity index (χ1n) is 7.70. The first-order valence-corrected chi connectivity index (χ1v) is 7.70. The smallest absolute Gasteiger partial charge is 0.226 e. The number of hydrogen-bond donors (Lipinski definition) is 0. The summed E-state index contributed by atoms with van der Waals surface area (Å²) in [6.07, 6.45) is 2.74. The number of carbonyl (C=O) groups excluding carboxylic acids is 1. The Labute approximate surface area is 130 Å². The Morgan fingerprint density at radius 1 is 1.18 bits per heavy atom. The zero-order valence-electron chi connectivity index (χ0n) is 12.9. The molecule has 0 spiro atoms. The monoisotopic (exact) mass is 299 g/mol. The average molecular weight is 299 g/mol. The fraction of sp³-hybridized carbons (Fsp3) is 0.412. The lowest BCUT2D eigenvalue weighted by Crippen LogP contribution is -2.33. The van der Waals surface area contributed by atoms with Crippen LogP contribution in [0.2, 0.25) is 0 Å². The van der Waals surface area contributed by atoms with E-state index < -0.39 is 0 Å². The number of oxazole rings is 1. The van der Waals surface area contributed by atoms with Crippen molar-refractivity contribution in [1.29, 1.82) is 0 Å². The highest BCUT2D eigenvalue weighted by Crippen LogP contribution is 2.19. The molecule has 0 bridgehead atoms. The number of hydrogen-bond acceptors (Lipinski definition) is 4. The SMILES string of the molecule is CC(=O)N1CCCN(Cc2coc(-c3ccccc3)n2)CC1. The summed E-state index contributed by atoms with van der Waals surface area (Å²) in [7, 11) is 0. The zero-order valence-corrected chi connectivity index (χ0v) is 12.9. The van der Waals surface area contributed by atoms with Gasteiger partial charge in [0.2, 0.25) is 11.8 Å². The number of aromatic nitrogens is 1. The van der Waals surface area contributed by atoms with Crippen LogP contribution in [0, 0.1) is 0 Å². The molecule has 0 aliphatic carbocycles. The average Bonchev–Trinajstić information content (AvgIpc) is 2.86. The van der Waals surface area contributed by atoms with E-state index in [-0.39, 0.29) is 5.91 Å². The normalized spacial score (nSPS) is 16.5. The molecule has 2 heterocycles. The van der Waals surface area contributed by atoms with E-state index in [9.17, 15) is 4.79 Å². The lowest BCUT2D eigenvalue weighted by Gasteiger charge is -2.19. The molecule has 3 rings (SSSR count). The molecule has 22 heavy (non-hydrogen) atoms. The van der Waals surface area contributed by atoms with Crippen molar-refractivity contribution in [3.05, 3.63) is 42.3 Å². The molecule has 1 aliphatic heterocycles. The standard InChI is InChI=1S/C17H21N3O2/c1-14(21)20-9-5-8-19(10-11-20)12-16-13-22-17(18-16)15-6-3-2-4-7-15/h2-4,6-7,13H,5,8-12H2,1H3. The van der Waals surface area contributed by atoms with Crippen molar-refractivity contribution in [1.82, 2.24) is 14.8 Å². The second kappa shape index (κ2) is 6.75. The Morgan fingerprint density at radius 3 is 2.77 bits per heavy atom. The van der Waals surface area contributed by atoms with Gasteiger partial charge in [0.1, 0.15) is 6.26 Å². The van der Waals surface area contributed by atoms with E-state index in [1.54, 1.807) is 13.2 Å². The molecular formula is C17H21N3O2. The van der Waals surface area contributed by atoms with E-state index in [0.29, 0.717) is 5.89 Å². The van der Waals surface area contributed by atoms with Crippen molar-refractivity contribution in [3.8, 4) is 11.5 Å². The molecule has 1 aromatic carbocycles. The van der Waals surface area contributed by atoms with Gasteiger partial charge in [-0.2, -0.15) is 0 Å². The Hall–Kier alpha value is -2.14. The molecule has 1 amide bonds. The summed E-state index contributed by atoms with van der Waals surface area (Å²) in [5, 5.41) is 0. The molecule has 1 saturated heterocycles. The van der Waals surface area contributed by atoms with E-state index in [4.69, 9.17) is 4.42 Å². The van der Waals surface area contributed by atoms with Gasteiger partial charge < -0.3 is 9.32 Å². The van der Waals surface area contributed by atoms with Crippen LogP contribution in [0.1, 0.15) is 19.0 Å². The zero-order chi connectivity index (χ0) is 15.4. The molecule has 1 aliphatic rings. The lowest BCUT2D eigenvalue weighted by molar-refractivity contribution is -0.128. The highest BCUT2D eigenvalue weighted by molar-refractivity contribution is 5.73. The number of rotatable bonds is 3. The highest BCUT2D eigenvalue weighted by Gasteiger charge is 2.17. The van der Waals surface area contributed by atoms with Crippen LogP contribution in [0.4, 0.5) is 0 Å². The van der Waals surface area contributed by atoms with E-state index >= 15 is 0 Å². The van der Waals surface area contributed by atoms with Crippen LogP contribution in [0.25, 0.3) is 11.5 Å². The van der Waals surface area contributed by atoms with Gasteiger partial charge in [-0.1, -0.05) is 18.2 Å². The van der Waals surface area contributed by atoms with Crippen molar-refractivity contribution >= 4 is 5.91 Å². The van der Waals surface area contributed by atoms with Crippen molar-refractivity contribution in [2.45, 2.75) is 19.9 Å². The van der Waals surface area contributed by atoms with Gasteiger partial charge in [0, 0.05) is 45.2 Å². The maximum absolute atomic E-state index is 11.5. The van der Waals surface area contributed by atoms with Crippen LogP contribution in [0.15, 0.2) is 41.0 Å². The quantitative estimate of drug-likeness (QED) is 0.873. The number of nitrogens with zero attached hydrogens (tertiary/aromatic N) is 3. The van der Waals surface area contributed by atoms with E-state index in [1.807, 2.05) is 35.2 Å². The van der Waals surface area contributed by atoms with Crippen LogP contribution in [0.3, 0.4) is 0 Å². The Kier molecular flexibility index (Phi) is 4.53. The Bertz CT molecular complexity index is 624. The van der Waals surface area contributed by atoms with Crippen molar-refractivity contribution in [2.75, 3.05) is 26.2 Å². The van der Waals surface area contributed by atoms with Crippen LogP contribution in [0.5, 0.6) is 0 Å². The fourth-order valence-corrected chi connectivity index (χ4v) is 2.77. The predicted molar refractivity (Wildman–Crippen MR) is 84.1 cm³/mol. The van der Waals surface area contributed by atoms with Crippen molar-refractivity contribution in [2.24, 2.45) is 0 Å². The summed E-state index contributed by atoms with van der Waals surface area (Å²) < 4.78 is 5.58. The number of amides is 1. The van der Waals surface area contributed by atoms with E-state index in [1.165, 1.54) is 0 Å². The molecule has 0 radical (unpaired) electrons. The summed E-state index contributed by atoms with van der Waals surface area (Å²) in [4.78, 5) is 20.3. The largest absolute Gasteiger partial charge is 0.444 e. The third-order valence-electron chi connectivity index (χ3n) is 3.99. The molecule has 116 valence electrons. The first kappa shape index (κ1) is 14.8. The van der Waals surface area contributed by atoms with Crippen LogP contribution in [-0.4, -0.2) is 46.9 Å². The van der Waals surface area contributed by atoms with Gasteiger partial charge in [-0.05, 0) is 18.6 Å². The van der Waals surface area contributed by atoms with Crippen LogP contribution < -0.4 is 0 Å². The summed E-state index contributed by atoms with van der Waals surface area (Å²) in [5.41, 5.74) is 1.93. The maximum atomic E-state index is 11.5. The topological polar surface area (TPSA) is 49.6 Å². The first-order chi connectivity index (χ1) is 10.7. The van der Waals surface area contributed by atoms with Gasteiger partial charge in [-0.3, -0.25) is 9.69 Å². The second-order valence-electron chi connectivity index (χ2n) is 5.65. The molecule has 0 atom stereocenters. The summed E-state index contributed by atoms with van der Waals surface area (Å²) in [6.45, 7) is 5.91. The van der Waals surface area contributed by atoms with Crippen molar-refractivity contribution in [3.63, 3.8) is 0 Å². The predicted octanol–water partition coefficient (Wildman–Crippen LogP) is 2.40. The second-order valence-corrected chi connectivity index (χ2v) is 5.65. The Balaban J connectivity index is 1.62. The molecule has 1 aromatic heterocycles. The van der Waals surface area contributed by atoms with Gasteiger partial charge in [0.25, 0.3) is 0 Å². The van der Waals surface area contributed by atoms with E-state index in [2.05, 4.69) is 9.88 Å². The minimum atomic E-state index is 0.162. The number of benzene rings is 1. The molecule has 0 N–H and O–H groups in total. The molecular weight excluding hydrogens is 278 g/mol. The molecule has 0 saturated carbocycles. The lowest BCUT2D eigenvalue weighted by atomic mass is 10.2. The molecule has 5 heteroatoms. The van der Waals surface area contributed by atoms with E-state index in [0.717, 1.165) is 50.4 Å². The minimum absolute atomic E-state index is 0.162. The third-order valence-corrected chi connectivity index (χ3v) is 3.99. The third kappa shape index (κ3) is 3.54. The van der Waals surface area contributed by atoms with Crippen LogP contribution >= 0.6 is 0 Å². The Morgan fingerprint density at radius 2 is 2.00 bits per heavy atom. The van der Waals surface area contributed by atoms with Gasteiger partial charge in [-0.25, -0.2) is 4.98 Å². The molecule has 2 aromatic rings. The van der Waals surface area contributed by atoms with Gasteiger partial charge in [0.05, 0.1) is 5.69 Å². The number of carbonyl (C=O) groups is 1. The minimum Gasteiger partial charge on any atom is -0.444 e. The summed E-state index contributed by atoms with van der Waals surface area (Å²) in [5.74, 6) is 0.824. The van der Waals surface area contributed by atoms with Gasteiger partial charge in [0.15, 0.2) is 0 Å². The van der Waals surface area contributed by atoms with Gasteiger partial charge >= 0.3 is 0 Å². The summed E-state index contributed by atoms with van der Waals surface area (Å²) >= 11 is 0. The summed E-state index contributed by atoms with van der Waals surface area (Å²) in [6, 6.07) is 9.92. The molecule has 1 fully saturated rings. The highest BCUT2D eigenvalue weighted by atomic mass is 16.3. The fourth-order valence-electron chi connectivity index (χ4n) is 2.77.